The second-order valence-corrected chi connectivity index (χ2v) is 6.10. The summed E-state index contributed by atoms with van der Waals surface area (Å²) in [4.78, 5) is 54.3. The zero-order chi connectivity index (χ0) is 20.8. The smallest absolute Gasteiger partial charge is 0.360 e. The minimum atomic E-state index is -1.63. The number of hydrogen-bond donors (Lipinski definition) is 0. The summed E-state index contributed by atoms with van der Waals surface area (Å²) in [5.74, 6) is -5.43. The maximum atomic E-state index is 12.3. The van der Waals surface area contributed by atoms with Gasteiger partial charge in [0.1, 0.15) is 0 Å². The number of nitrogens with zero attached hydrogens (tertiary/aromatic N) is 4. The van der Waals surface area contributed by atoms with E-state index in [4.69, 9.17) is 34.3 Å². The normalized spacial score (nSPS) is 9.64. The lowest BCUT2D eigenvalue weighted by Crippen LogP contribution is -2.39. The average molecular weight is 415 g/mol. The van der Waals surface area contributed by atoms with Crippen LogP contribution in [-0.2, 0) is 9.59 Å². The SMILES string of the molecule is [N-]=[N+]=C(C(=O)C(=O)C(=[N+]=[N-])C(=O)c1ccc(Cl)cc1)C(=O)c1ccc(Cl)cc1. The summed E-state index contributed by atoms with van der Waals surface area (Å²) in [5.41, 5.74) is 15.6. The highest BCUT2D eigenvalue weighted by Gasteiger charge is 2.44. The largest absolute Gasteiger partial charge is 0.413 e. The van der Waals surface area contributed by atoms with E-state index in [1.165, 1.54) is 48.5 Å². The summed E-state index contributed by atoms with van der Waals surface area (Å²) in [6, 6.07) is 10.4. The molecular formula is C18H8Cl2N4O4. The monoisotopic (exact) mass is 414 g/mol. The summed E-state index contributed by atoms with van der Waals surface area (Å²) in [7, 11) is 0. The van der Waals surface area contributed by atoms with Gasteiger partial charge in [0.05, 0.1) is 0 Å². The topological polar surface area (TPSA) is 141 Å². The fraction of sp³-hybridized carbons (Fsp3) is 0. The fourth-order valence-electron chi connectivity index (χ4n) is 2.08. The van der Waals surface area contributed by atoms with Crippen LogP contribution < -0.4 is 0 Å². The van der Waals surface area contributed by atoms with Gasteiger partial charge in [-0.05, 0) is 48.5 Å². The molecule has 10 heteroatoms. The molecule has 0 radical (unpaired) electrons. The van der Waals surface area contributed by atoms with Crippen LogP contribution in [0, 0.1) is 0 Å². The summed E-state index contributed by atoms with van der Waals surface area (Å²) < 4.78 is 0. The van der Waals surface area contributed by atoms with E-state index in [2.05, 4.69) is 9.58 Å². The van der Waals surface area contributed by atoms with Crippen LogP contribution in [0.25, 0.3) is 11.1 Å². The number of Topliss-reactive ketones (excluding diaryl/α,β-unsaturated/α-hetero) is 4. The number of benzene rings is 2. The van der Waals surface area contributed by atoms with Crippen molar-refractivity contribution >= 4 is 57.8 Å². The third kappa shape index (κ3) is 4.40. The van der Waals surface area contributed by atoms with Gasteiger partial charge in [-0.25, -0.2) is 0 Å². The molecule has 0 saturated carbocycles. The molecule has 2 aromatic carbocycles. The first-order valence-corrected chi connectivity index (χ1v) is 8.19. The molecule has 28 heavy (non-hydrogen) atoms. The van der Waals surface area contributed by atoms with Crippen molar-refractivity contribution in [1.29, 1.82) is 0 Å². The Kier molecular flexibility index (Phi) is 6.60. The van der Waals surface area contributed by atoms with Crippen molar-refractivity contribution in [1.82, 2.24) is 0 Å². The molecule has 0 fully saturated rings. The molecule has 0 aliphatic heterocycles. The van der Waals surface area contributed by atoms with Crippen molar-refractivity contribution in [2.75, 3.05) is 0 Å². The standard InChI is InChI=1S/C18H8Cl2N4O4/c19-11-5-1-9(2-6-11)15(25)13(23-21)17(27)18(28)14(24-22)16(26)10-3-7-12(20)8-4-10/h1-8H. The van der Waals surface area contributed by atoms with E-state index in [9.17, 15) is 19.2 Å². The Morgan fingerprint density at radius 3 is 1.14 bits per heavy atom. The van der Waals surface area contributed by atoms with Crippen LogP contribution in [0.2, 0.25) is 10.0 Å². The number of carbonyl (C=O) groups is 4. The molecule has 2 aromatic rings. The Balaban J connectivity index is 2.33. The van der Waals surface area contributed by atoms with Gasteiger partial charge in [-0.15, -0.1) is 0 Å². The summed E-state index contributed by atoms with van der Waals surface area (Å²) in [6.07, 6.45) is 0. The minimum Gasteiger partial charge on any atom is -0.360 e. The maximum Gasteiger partial charge on any atom is 0.413 e. The summed E-state index contributed by atoms with van der Waals surface area (Å²) in [5, 5.41) is 0.620. The van der Waals surface area contributed by atoms with Crippen molar-refractivity contribution in [3.63, 3.8) is 0 Å². The van der Waals surface area contributed by atoms with E-state index < -0.39 is 34.6 Å². The zero-order valence-corrected chi connectivity index (χ0v) is 15.3. The highest BCUT2D eigenvalue weighted by Crippen LogP contribution is 2.12. The molecule has 138 valence electrons. The molecule has 8 nitrogen and oxygen atoms in total. The molecule has 0 aliphatic rings. The van der Waals surface area contributed by atoms with Crippen molar-refractivity contribution in [3.8, 4) is 0 Å². The molecule has 0 unspecified atom stereocenters. The van der Waals surface area contributed by atoms with Crippen LogP contribution >= 0.6 is 23.2 Å². The first-order valence-electron chi connectivity index (χ1n) is 7.43. The lowest BCUT2D eigenvalue weighted by atomic mass is 9.96. The first kappa shape index (κ1) is 20.8. The van der Waals surface area contributed by atoms with E-state index >= 15 is 0 Å². The van der Waals surface area contributed by atoms with Crippen molar-refractivity contribution in [2.45, 2.75) is 0 Å². The molecule has 0 saturated heterocycles. The number of ketones is 4. The van der Waals surface area contributed by atoms with Gasteiger partial charge in [0.2, 0.25) is 0 Å². The third-order valence-electron chi connectivity index (χ3n) is 3.48. The van der Waals surface area contributed by atoms with E-state index in [0.29, 0.717) is 10.0 Å². The Morgan fingerprint density at radius 1 is 0.607 bits per heavy atom. The quantitative estimate of drug-likeness (QED) is 0.171. The van der Waals surface area contributed by atoms with Crippen LogP contribution in [0.4, 0.5) is 0 Å². The van der Waals surface area contributed by atoms with Gasteiger partial charge < -0.3 is 11.1 Å². The predicted octanol–water partition coefficient (Wildman–Crippen LogP) is 2.54. The molecule has 0 amide bonds. The van der Waals surface area contributed by atoms with Gasteiger partial charge in [-0.1, -0.05) is 23.2 Å². The van der Waals surface area contributed by atoms with Gasteiger partial charge in [-0.2, -0.15) is 9.58 Å². The van der Waals surface area contributed by atoms with Crippen LogP contribution in [0.3, 0.4) is 0 Å². The summed E-state index contributed by atoms with van der Waals surface area (Å²) >= 11 is 11.4. The number of halogens is 2. The van der Waals surface area contributed by atoms with E-state index in [-0.39, 0.29) is 11.1 Å². The maximum absolute atomic E-state index is 12.3. The molecule has 0 bridgehead atoms. The second-order valence-electron chi connectivity index (χ2n) is 5.23. The van der Waals surface area contributed by atoms with Crippen LogP contribution in [0.1, 0.15) is 20.7 Å². The zero-order valence-electron chi connectivity index (χ0n) is 13.8. The van der Waals surface area contributed by atoms with Crippen LogP contribution in [0.15, 0.2) is 48.5 Å². The lowest BCUT2D eigenvalue weighted by Gasteiger charge is -1.98. The molecule has 2 rings (SSSR count). The van der Waals surface area contributed by atoms with Crippen LogP contribution in [0.5, 0.6) is 0 Å². The average Bonchev–Trinajstić information content (AvgIpc) is 2.69. The molecule has 0 heterocycles. The van der Waals surface area contributed by atoms with Gasteiger partial charge in [0.25, 0.3) is 11.6 Å². The molecule has 0 aromatic heterocycles. The highest BCUT2D eigenvalue weighted by molar-refractivity contribution is 6.93. The van der Waals surface area contributed by atoms with Crippen molar-refractivity contribution in [3.05, 3.63) is 80.8 Å². The first-order chi connectivity index (χ1) is 13.3. The minimum absolute atomic E-state index is 0.0927. The molecule has 0 N–H and O–H groups in total. The Hall–Kier alpha value is -3.54. The second kappa shape index (κ2) is 8.90. The van der Waals surface area contributed by atoms with Gasteiger partial charge in [0.15, 0.2) is 0 Å². The molecule has 0 aliphatic carbocycles. The number of carbonyl (C=O) groups excluding carboxylic acids is 4. The predicted molar refractivity (Wildman–Crippen MR) is 98.8 cm³/mol. The van der Waals surface area contributed by atoms with Gasteiger partial charge >= 0.3 is 23.0 Å². The van der Waals surface area contributed by atoms with E-state index in [1.54, 1.807) is 0 Å². The van der Waals surface area contributed by atoms with Crippen LogP contribution in [-0.4, -0.2) is 44.1 Å². The molecular weight excluding hydrogens is 407 g/mol. The van der Waals surface area contributed by atoms with Crippen molar-refractivity contribution in [2.24, 2.45) is 0 Å². The molecule has 0 atom stereocenters. The highest BCUT2D eigenvalue weighted by atomic mass is 35.5. The van der Waals surface area contributed by atoms with Crippen molar-refractivity contribution < 1.29 is 28.8 Å². The van der Waals surface area contributed by atoms with Gasteiger partial charge in [-0.3, -0.25) is 19.2 Å². The Labute approximate surface area is 167 Å². The van der Waals surface area contributed by atoms with E-state index in [1.807, 2.05) is 0 Å². The lowest BCUT2D eigenvalue weighted by molar-refractivity contribution is -0.133. The fourth-order valence-corrected chi connectivity index (χ4v) is 2.33. The number of hydrogen-bond acceptors (Lipinski definition) is 4. The van der Waals surface area contributed by atoms with Gasteiger partial charge in [0, 0.05) is 21.2 Å². The Bertz CT molecular complexity index is 1010. The molecule has 0 spiro atoms. The Morgan fingerprint density at radius 2 is 0.893 bits per heavy atom. The number of rotatable bonds is 7. The van der Waals surface area contributed by atoms with E-state index in [0.717, 1.165) is 0 Å². The summed E-state index contributed by atoms with van der Waals surface area (Å²) in [6.45, 7) is 0. The third-order valence-corrected chi connectivity index (χ3v) is 3.98.